The number of hydrogen-bond donors (Lipinski definition) is 2. The Kier molecular flexibility index (Phi) is 8.92. The van der Waals surface area contributed by atoms with E-state index < -0.39 is 0 Å². The van der Waals surface area contributed by atoms with Crippen LogP contribution in [0, 0.1) is 11.8 Å². The average molecular weight is 377 g/mol. The third-order valence-electron chi connectivity index (χ3n) is 5.26. The summed E-state index contributed by atoms with van der Waals surface area (Å²) in [4.78, 5) is 12.3. The lowest BCUT2D eigenvalue weighted by Crippen LogP contribution is -2.30. The van der Waals surface area contributed by atoms with Gasteiger partial charge in [0.05, 0.1) is 19.8 Å². The zero-order valence-corrected chi connectivity index (χ0v) is 17.3. The molecule has 1 saturated heterocycles. The van der Waals surface area contributed by atoms with Crippen LogP contribution in [0.2, 0.25) is 0 Å². The number of rotatable bonds is 10. The van der Waals surface area contributed by atoms with Crippen molar-refractivity contribution in [3.05, 3.63) is 23.8 Å². The van der Waals surface area contributed by atoms with E-state index in [1.165, 1.54) is 12.8 Å². The van der Waals surface area contributed by atoms with Gasteiger partial charge in [0.2, 0.25) is 5.91 Å². The molecule has 0 aliphatic carbocycles. The number of carbonyl (C=O) groups is 1. The summed E-state index contributed by atoms with van der Waals surface area (Å²) in [5, 5.41) is 6.48. The largest absolute Gasteiger partial charge is 0.493 e. The van der Waals surface area contributed by atoms with E-state index in [1.54, 1.807) is 7.11 Å². The molecule has 1 aromatic rings. The van der Waals surface area contributed by atoms with Crippen molar-refractivity contribution in [1.82, 2.24) is 10.6 Å². The molecule has 5 heteroatoms. The highest BCUT2D eigenvalue weighted by Crippen LogP contribution is 2.30. The third-order valence-corrected chi connectivity index (χ3v) is 5.26. The fraction of sp³-hybridized carbons (Fsp3) is 0.682. The molecule has 2 N–H and O–H groups in total. The Balaban J connectivity index is 1.85. The van der Waals surface area contributed by atoms with Crippen LogP contribution in [0.25, 0.3) is 0 Å². The molecule has 0 aromatic heterocycles. The molecule has 1 aliphatic rings. The summed E-state index contributed by atoms with van der Waals surface area (Å²) >= 11 is 0. The molecule has 0 saturated carbocycles. The van der Waals surface area contributed by atoms with Gasteiger partial charge in [-0.15, -0.1) is 0 Å². The van der Waals surface area contributed by atoms with Crippen molar-refractivity contribution in [2.75, 3.05) is 26.8 Å². The van der Waals surface area contributed by atoms with Gasteiger partial charge in [0.1, 0.15) is 0 Å². The predicted octanol–water partition coefficient (Wildman–Crippen LogP) is 4.08. The molecule has 1 unspecified atom stereocenters. The Morgan fingerprint density at radius 2 is 1.96 bits per heavy atom. The quantitative estimate of drug-likeness (QED) is 0.646. The van der Waals surface area contributed by atoms with Crippen LogP contribution in [0.5, 0.6) is 11.5 Å². The Morgan fingerprint density at radius 3 is 2.63 bits per heavy atom. The minimum absolute atomic E-state index is 0.0517. The fourth-order valence-electron chi connectivity index (χ4n) is 3.38. The first kappa shape index (κ1) is 21.5. The van der Waals surface area contributed by atoms with Crippen LogP contribution in [-0.4, -0.2) is 32.7 Å². The van der Waals surface area contributed by atoms with E-state index >= 15 is 0 Å². The van der Waals surface area contributed by atoms with Crippen LogP contribution in [0.3, 0.4) is 0 Å². The third kappa shape index (κ3) is 7.41. The van der Waals surface area contributed by atoms with Crippen LogP contribution in [-0.2, 0) is 4.79 Å². The molecule has 0 bridgehead atoms. The highest BCUT2D eigenvalue weighted by atomic mass is 16.5. The summed E-state index contributed by atoms with van der Waals surface area (Å²) in [6.07, 6.45) is 4.94. The van der Waals surface area contributed by atoms with Gasteiger partial charge in [-0.2, -0.15) is 0 Å². The molecule has 2 rings (SSSR count). The van der Waals surface area contributed by atoms with Crippen LogP contribution >= 0.6 is 0 Å². The van der Waals surface area contributed by atoms with E-state index in [0.717, 1.165) is 37.2 Å². The Morgan fingerprint density at radius 1 is 1.22 bits per heavy atom. The molecule has 1 aromatic carbocycles. The molecule has 1 heterocycles. The first-order valence-corrected chi connectivity index (χ1v) is 10.3. The lowest BCUT2D eigenvalue weighted by Gasteiger charge is -2.22. The maximum absolute atomic E-state index is 12.3. The second-order valence-corrected chi connectivity index (χ2v) is 7.96. The van der Waals surface area contributed by atoms with E-state index in [-0.39, 0.29) is 11.9 Å². The second-order valence-electron chi connectivity index (χ2n) is 7.96. The van der Waals surface area contributed by atoms with E-state index in [0.29, 0.717) is 30.6 Å². The predicted molar refractivity (Wildman–Crippen MR) is 109 cm³/mol. The molecule has 0 spiro atoms. The van der Waals surface area contributed by atoms with Gasteiger partial charge < -0.3 is 20.1 Å². The lowest BCUT2D eigenvalue weighted by atomic mass is 9.93. The van der Waals surface area contributed by atoms with Gasteiger partial charge in [-0.3, -0.25) is 4.79 Å². The van der Waals surface area contributed by atoms with Gasteiger partial charge in [-0.1, -0.05) is 19.9 Å². The zero-order valence-electron chi connectivity index (χ0n) is 17.3. The van der Waals surface area contributed by atoms with E-state index in [4.69, 9.17) is 9.47 Å². The standard InChI is InChI=1S/C22H36N2O3/c1-16(2)11-14-27-20-7-6-19(15-21(20)26-4)17(3)24-22(25)8-5-18-9-12-23-13-10-18/h6-7,15-18,23H,5,8-14H2,1-4H3,(H,24,25). The molecule has 0 radical (unpaired) electrons. The van der Waals surface area contributed by atoms with Crippen LogP contribution in [0.15, 0.2) is 18.2 Å². The monoisotopic (exact) mass is 376 g/mol. The normalized spacial score (nSPS) is 16.2. The van der Waals surface area contributed by atoms with E-state index in [1.807, 2.05) is 25.1 Å². The van der Waals surface area contributed by atoms with Crippen molar-refractivity contribution in [1.29, 1.82) is 0 Å². The molecule has 152 valence electrons. The smallest absolute Gasteiger partial charge is 0.220 e. The number of carbonyl (C=O) groups excluding carboxylic acids is 1. The minimum atomic E-state index is -0.0517. The maximum atomic E-state index is 12.3. The van der Waals surface area contributed by atoms with Gasteiger partial charge >= 0.3 is 0 Å². The number of benzene rings is 1. The molecule has 27 heavy (non-hydrogen) atoms. The van der Waals surface area contributed by atoms with Crippen molar-refractivity contribution < 1.29 is 14.3 Å². The van der Waals surface area contributed by atoms with Gasteiger partial charge in [-0.25, -0.2) is 0 Å². The van der Waals surface area contributed by atoms with Gasteiger partial charge in [-0.05, 0) is 75.2 Å². The maximum Gasteiger partial charge on any atom is 0.220 e. The summed E-state index contributed by atoms with van der Waals surface area (Å²) in [5.41, 5.74) is 1.03. The number of methoxy groups -OCH3 is 1. The van der Waals surface area contributed by atoms with Crippen LogP contribution in [0.4, 0.5) is 0 Å². The van der Waals surface area contributed by atoms with Gasteiger partial charge in [0.15, 0.2) is 11.5 Å². The molecule has 1 amide bonds. The van der Waals surface area contributed by atoms with Crippen molar-refractivity contribution in [3.8, 4) is 11.5 Å². The number of piperidine rings is 1. The molecular weight excluding hydrogens is 340 g/mol. The zero-order chi connectivity index (χ0) is 19.6. The average Bonchev–Trinajstić information content (AvgIpc) is 2.67. The first-order valence-electron chi connectivity index (χ1n) is 10.3. The Hall–Kier alpha value is -1.75. The summed E-state index contributed by atoms with van der Waals surface area (Å²) < 4.78 is 11.3. The number of hydrogen-bond acceptors (Lipinski definition) is 4. The van der Waals surface area contributed by atoms with Gasteiger partial charge in [0.25, 0.3) is 0 Å². The van der Waals surface area contributed by atoms with E-state index in [2.05, 4.69) is 24.5 Å². The highest BCUT2D eigenvalue weighted by Gasteiger charge is 2.17. The molecule has 1 aliphatic heterocycles. The SMILES string of the molecule is COc1cc(C(C)NC(=O)CCC2CCNCC2)ccc1OCCC(C)C. The topological polar surface area (TPSA) is 59.6 Å². The summed E-state index contributed by atoms with van der Waals surface area (Å²) in [6.45, 7) is 9.20. The number of nitrogens with one attached hydrogen (secondary N) is 2. The Bertz CT molecular complexity index is 583. The molecule has 1 fully saturated rings. The van der Waals surface area contributed by atoms with Crippen LogP contribution in [0.1, 0.15) is 64.5 Å². The van der Waals surface area contributed by atoms with Crippen molar-refractivity contribution in [2.24, 2.45) is 11.8 Å². The molecule has 1 atom stereocenters. The van der Waals surface area contributed by atoms with Gasteiger partial charge in [0, 0.05) is 6.42 Å². The van der Waals surface area contributed by atoms with Crippen molar-refractivity contribution in [3.63, 3.8) is 0 Å². The van der Waals surface area contributed by atoms with Crippen LogP contribution < -0.4 is 20.1 Å². The molecular formula is C22H36N2O3. The highest BCUT2D eigenvalue weighted by molar-refractivity contribution is 5.76. The summed E-state index contributed by atoms with van der Waals surface area (Å²) in [5.74, 6) is 2.88. The van der Waals surface area contributed by atoms with Crippen molar-refractivity contribution >= 4 is 5.91 Å². The fourth-order valence-corrected chi connectivity index (χ4v) is 3.38. The van der Waals surface area contributed by atoms with E-state index in [9.17, 15) is 4.79 Å². The summed E-state index contributed by atoms with van der Waals surface area (Å²) in [6, 6.07) is 5.85. The second kappa shape index (κ2) is 11.2. The first-order chi connectivity index (χ1) is 13.0. The number of amides is 1. The van der Waals surface area contributed by atoms with Crippen molar-refractivity contribution in [2.45, 2.75) is 58.9 Å². The Labute approximate surface area is 164 Å². The number of ether oxygens (including phenoxy) is 2. The molecule has 5 nitrogen and oxygen atoms in total. The minimum Gasteiger partial charge on any atom is -0.493 e. The lowest BCUT2D eigenvalue weighted by molar-refractivity contribution is -0.122. The summed E-state index contributed by atoms with van der Waals surface area (Å²) in [7, 11) is 1.65.